The highest BCUT2D eigenvalue weighted by molar-refractivity contribution is 7.18. The lowest BCUT2D eigenvalue weighted by Gasteiger charge is -2.10. The number of nitrogens with two attached hydrogens (primary N) is 1. The van der Waals surface area contributed by atoms with Crippen LogP contribution in [0.15, 0.2) is 35.4 Å². The molecule has 2 heterocycles. The molecule has 156 valence electrons. The van der Waals surface area contributed by atoms with Crippen molar-refractivity contribution in [3.05, 3.63) is 62.5 Å². The first-order valence-electron chi connectivity index (χ1n) is 10.2. The molecule has 30 heavy (non-hydrogen) atoms. The molecule has 0 radical (unpaired) electrons. The smallest absolute Gasteiger partial charge is 0.262 e. The van der Waals surface area contributed by atoms with E-state index in [1.54, 1.807) is 40.4 Å². The summed E-state index contributed by atoms with van der Waals surface area (Å²) >= 11 is 1.63. The molecule has 0 saturated heterocycles. The second-order valence-corrected chi connectivity index (χ2v) is 8.63. The van der Waals surface area contributed by atoms with Crippen LogP contribution in [0.1, 0.15) is 45.6 Å². The number of primary amides is 1. The molecule has 4 rings (SSSR count). The number of aromatic nitrogens is 2. The predicted molar refractivity (Wildman–Crippen MR) is 117 cm³/mol. The maximum Gasteiger partial charge on any atom is 0.262 e. The van der Waals surface area contributed by atoms with E-state index in [9.17, 15) is 14.4 Å². The minimum atomic E-state index is -0.469. The Kier molecular flexibility index (Phi) is 5.94. The van der Waals surface area contributed by atoms with Crippen molar-refractivity contribution < 1.29 is 9.59 Å². The van der Waals surface area contributed by atoms with Gasteiger partial charge in [0.2, 0.25) is 11.8 Å². The van der Waals surface area contributed by atoms with Crippen LogP contribution in [0.2, 0.25) is 0 Å². The van der Waals surface area contributed by atoms with Gasteiger partial charge in [0.15, 0.2) is 0 Å². The first-order chi connectivity index (χ1) is 14.5. The van der Waals surface area contributed by atoms with Gasteiger partial charge >= 0.3 is 0 Å². The summed E-state index contributed by atoms with van der Waals surface area (Å²) in [5, 5.41) is 3.61. The zero-order valence-corrected chi connectivity index (χ0v) is 17.5. The van der Waals surface area contributed by atoms with Crippen LogP contribution in [-0.4, -0.2) is 27.9 Å². The fourth-order valence-corrected chi connectivity index (χ4v) is 5.10. The van der Waals surface area contributed by atoms with Gasteiger partial charge in [-0.1, -0.05) is 12.1 Å². The van der Waals surface area contributed by atoms with Crippen LogP contribution in [0, 0.1) is 0 Å². The number of nitrogens with zero attached hydrogens (tertiary/aromatic N) is 2. The van der Waals surface area contributed by atoms with E-state index in [2.05, 4.69) is 10.3 Å². The maximum absolute atomic E-state index is 12.9. The molecule has 1 aliphatic rings. The molecule has 3 N–H and O–H groups in total. The number of carbonyl (C=O) groups is 2. The van der Waals surface area contributed by atoms with Crippen molar-refractivity contribution in [1.82, 2.24) is 14.9 Å². The van der Waals surface area contributed by atoms with Gasteiger partial charge in [0.25, 0.3) is 5.56 Å². The van der Waals surface area contributed by atoms with E-state index >= 15 is 0 Å². The van der Waals surface area contributed by atoms with Gasteiger partial charge in [-0.25, -0.2) is 4.98 Å². The van der Waals surface area contributed by atoms with E-state index in [0.29, 0.717) is 25.1 Å². The van der Waals surface area contributed by atoms with Crippen molar-refractivity contribution in [2.75, 3.05) is 6.54 Å². The van der Waals surface area contributed by atoms with Crippen molar-refractivity contribution in [1.29, 1.82) is 0 Å². The van der Waals surface area contributed by atoms with Crippen molar-refractivity contribution in [3.8, 4) is 0 Å². The van der Waals surface area contributed by atoms with E-state index in [-0.39, 0.29) is 17.9 Å². The zero-order valence-electron chi connectivity index (χ0n) is 16.6. The summed E-state index contributed by atoms with van der Waals surface area (Å²) in [6.07, 6.45) is 6.60. The number of amides is 2. The highest BCUT2D eigenvalue weighted by atomic mass is 32.1. The van der Waals surface area contributed by atoms with Gasteiger partial charge in [0.05, 0.1) is 11.7 Å². The second-order valence-electron chi connectivity index (χ2n) is 7.55. The lowest BCUT2D eigenvalue weighted by atomic mass is 9.97. The molecule has 0 atom stereocenters. The summed E-state index contributed by atoms with van der Waals surface area (Å²) < 4.78 is 1.54. The summed E-state index contributed by atoms with van der Waals surface area (Å²) in [5.41, 5.74) is 7.79. The zero-order chi connectivity index (χ0) is 21.1. The lowest BCUT2D eigenvalue weighted by Crippen LogP contribution is -2.29. The highest BCUT2D eigenvalue weighted by Gasteiger charge is 2.20. The lowest BCUT2D eigenvalue weighted by molar-refractivity contribution is -0.121. The van der Waals surface area contributed by atoms with Gasteiger partial charge in [0, 0.05) is 30.0 Å². The minimum absolute atomic E-state index is 0.0459. The number of fused-ring (bicyclic) bond motifs is 3. The molecule has 3 aromatic rings. The number of benzene rings is 1. The minimum Gasteiger partial charge on any atom is -0.366 e. The molecular formula is C22H24N4O3S. The van der Waals surface area contributed by atoms with E-state index < -0.39 is 5.91 Å². The van der Waals surface area contributed by atoms with Gasteiger partial charge < -0.3 is 11.1 Å². The molecule has 0 bridgehead atoms. The third-order valence-corrected chi connectivity index (χ3v) is 6.67. The Bertz CT molecular complexity index is 1160. The molecule has 1 aliphatic carbocycles. The van der Waals surface area contributed by atoms with Crippen LogP contribution in [0.4, 0.5) is 0 Å². The predicted octanol–water partition coefficient (Wildman–Crippen LogP) is 2.18. The Morgan fingerprint density at radius 2 is 2.07 bits per heavy atom. The Labute approximate surface area is 177 Å². The fourth-order valence-electron chi connectivity index (χ4n) is 3.88. The molecule has 0 spiro atoms. The molecular weight excluding hydrogens is 400 g/mol. The topological polar surface area (TPSA) is 107 Å². The summed E-state index contributed by atoms with van der Waals surface area (Å²) in [4.78, 5) is 42.9. The van der Waals surface area contributed by atoms with Gasteiger partial charge in [-0.15, -0.1) is 11.3 Å². The third-order valence-electron chi connectivity index (χ3n) is 5.47. The van der Waals surface area contributed by atoms with E-state index in [0.717, 1.165) is 40.6 Å². The van der Waals surface area contributed by atoms with Crippen molar-refractivity contribution in [2.45, 2.75) is 45.1 Å². The second kappa shape index (κ2) is 8.79. The number of aryl methyl sites for hydroxylation is 3. The molecule has 0 fully saturated rings. The maximum atomic E-state index is 12.9. The van der Waals surface area contributed by atoms with Crippen LogP contribution in [0.3, 0.4) is 0 Å². The fraction of sp³-hybridized carbons (Fsp3) is 0.364. The van der Waals surface area contributed by atoms with E-state index in [1.165, 1.54) is 11.3 Å². The number of nitrogens with one attached hydrogen (secondary N) is 1. The number of carbonyl (C=O) groups excluding carboxylic acids is 2. The Morgan fingerprint density at radius 1 is 1.23 bits per heavy atom. The van der Waals surface area contributed by atoms with Gasteiger partial charge in [-0.3, -0.25) is 19.0 Å². The third kappa shape index (κ3) is 4.28. The monoisotopic (exact) mass is 424 g/mol. The van der Waals surface area contributed by atoms with Gasteiger partial charge in [-0.2, -0.15) is 0 Å². The van der Waals surface area contributed by atoms with Gasteiger partial charge in [-0.05, 0) is 55.4 Å². The van der Waals surface area contributed by atoms with Gasteiger partial charge in [0.1, 0.15) is 4.83 Å². The van der Waals surface area contributed by atoms with Crippen molar-refractivity contribution >= 4 is 33.4 Å². The largest absolute Gasteiger partial charge is 0.366 e. The molecule has 2 aromatic heterocycles. The molecule has 2 amide bonds. The van der Waals surface area contributed by atoms with Crippen LogP contribution in [0.25, 0.3) is 10.2 Å². The quantitative estimate of drug-likeness (QED) is 0.606. The van der Waals surface area contributed by atoms with Crippen molar-refractivity contribution in [3.63, 3.8) is 0 Å². The average Bonchev–Trinajstić information content (AvgIpc) is 3.13. The first kappa shape index (κ1) is 20.3. The van der Waals surface area contributed by atoms with Crippen LogP contribution in [-0.2, 0) is 30.6 Å². The first-order valence-corrected chi connectivity index (χ1v) is 11.0. The Morgan fingerprint density at radius 3 is 2.90 bits per heavy atom. The summed E-state index contributed by atoms with van der Waals surface area (Å²) in [7, 11) is 0. The van der Waals surface area contributed by atoms with Crippen LogP contribution >= 0.6 is 11.3 Å². The standard InChI is InChI=1S/C22H24N4O3S/c23-20(28)15-5-3-4-14(12-15)8-10-24-18(27)9-11-26-13-25-21-19(22(26)29)16-6-1-2-7-17(16)30-21/h3-5,12-13H,1-2,6-11H2,(H2,23,28)(H,24,27). The summed E-state index contributed by atoms with van der Waals surface area (Å²) in [6.45, 7) is 0.751. The molecule has 0 saturated carbocycles. The highest BCUT2D eigenvalue weighted by Crippen LogP contribution is 2.33. The van der Waals surface area contributed by atoms with E-state index in [4.69, 9.17) is 5.73 Å². The van der Waals surface area contributed by atoms with Crippen molar-refractivity contribution in [2.24, 2.45) is 5.73 Å². The normalized spacial score (nSPS) is 13.2. The van der Waals surface area contributed by atoms with Crippen LogP contribution in [0.5, 0.6) is 0 Å². The SMILES string of the molecule is NC(=O)c1cccc(CCNC(=O)CCn2cnc3sc4c(c3c2=O)CCCC4)c1. The van der Waals surface area contributed by atoms with E-state index in [1.807, 2.05) is 6.07 Å². The number of rotatable bonds is 7. The number of thiophene rings is 1. The summed E-state index contributed by atoms with van der Waals surface area (Å²) in [6, 6.07) is 7.06. The number of hydrogen-bond acceptors (Lipinski definition) is 5. The molecule has 8 heteroatoms. The molecule has 7 nitrogen and oxygen atoms in total. The molecule has 0 aliphatic heterocycles. The van der Waals surface area contributed by atoms with Crippen LogP contribution < -0.4 is 16.6 Å². The average molecular weight is 425 g/mol. The Hall–Kier alpha value is -3.00. The number of hydrogen-bond donors (Lipinski definition) is 2. The molecule has 1 aromatic carbocycles. The Balaban J connectivity index is 1.34. The summed E-state index contributed by atoms with van der Waals surface area (Å²) in [5.74, 6) is -0.593. The molecule has 0 unspecified atom stereocenters.